The molecule has 4 unspecified atom stereocenters. The van der Waals surface area contributed by atoms with Gasteiger partial charge in [-0.25, -0.2) is 4.79 Å². The number of aromatic amines is 1. The maximum Gasteiger partial charge on any atom is 0.326 e. The van der Waals surface area contributed by atoms with E-state index in [1.54, 1.807) is 30.5 Å². The Morgan fingerprint density at radius 2 is 1.23 bits per heavy atom. The van der Waals surface area contributed by atoms with Crippen molar-refractivity contribution in [1.29, 1.82) is 0 Å². The molecule has 4 atom stereocenters. The third kappa shape index (κ3) is 9.81. The minimum absolute atomic E-state index is 0.0121. The molecule has 4 aromatic rings. The van der Waals surface area contributed by atoms with Crippen molar-refractivity contribution in [2.24, 2.45) is 11.7 Å². The number of fused-ring (bicyclic) bond motifs is 1. The Kier molecular flexibility index (Phi) is 11.6. The number of phenols is 2. The third-order valence-electron chi connectivity index (χ3n) is 7.79. The Morgan fingerprint density at radius 1 is 0.702 bits per heavy atom. The number of hydrogen-bond acceptors (Lipinski definition) is 7. The molecule has 0 aliphatic carbocycles. The maximum absolute atomic E-state index is 13.8. The van der Waals surface area contributed by atoms with Crippen LogP contribution in [0.3, 0.4) is 0 Å². The maximum atomic E-state index is 13.8. The Morgan fingerprint density at radius 3 is 1.83 bits per heavy atom. The minimum atomic E-state index is -1.32. The average molecular weight is 644 g/mol. The molecule has 0 radical (unpaired) electrons. The lowest BCUT2D eigenvalue weighted by Gasteiger charge is -2.26. The molecular formula is C35H41N5O7. The van der Waals surface area contributed by atoms with Gasteiger partial charge in [0.1, 0.15) is 29.6 Å². The Balaban J connectivity index is 1.54. The topological polar surface area (TPSA) is 207 Å². The smallest absolute Gasteiger partial charge is 0.326 e. The first-order chi connectivity index (χ1) is 22.4. The number of carboxylic acids is 1. The molecule has 4 rings (SSSR count). The minimum Gasteiger partial charge on any atom is -0.508 e. The van der Waals surface area contributed by atoms with E-state index in [2.05, 4.69) is 20.9 Å². The summed E-state index contributed by atoms with van der Waals surface area (Å²) < 4.78 is 0. The van der Waals surface area contributed by atoms with Crippen molar-refractivity contribution >= 4 is 34.6 Å². The lowest BCUT2D eigenvalue weighted by Crippen LogP contribution is -2.58. The summed E-state index contributed by atoms with van der Waals surface area (Å²) in [7, 11) is 0. The highest BCUT2D eigenvalue weighted by Gasteiger charge is 2.31. The number of aromatic hydroxyl groups is 2. The number of rotatable bonds is 15. The molecule has 0 saturated heterocycles. The zero-order chi connectivity index (χ0) is 34.1. The molecular weight excluding hydrogens is 602 g/mol. The monoisotopic (exact) mass is 643 g/mol. The van der Waals surface area contributed by atoms with Gasteiger partial charge in [-0.2, -0.15) is 0 Å². The largest absolute Gasteiger partial charge is 0.508 e. The van der Waals surface area contributed by atoms with Gasteiger partial charge in [0.15, 0.2) is 0 Å². The highest BCUT2D eigenvalue weighted by atomic mass is 16.4. The molecule has 248 valence electrons. The van der Waals surface area contributed by atoms with Gasteiger partial charge in [-0.1, -0.05) is 56.3 Å². The van der Waals surface area contributed by atoms with Crippen LogP contribution in [0.4, 0.5) is 0 Å². The molecule has 1 aromatic heterocycles. The fraction of sp³-hybridized carbons (Fsp3) is 0.314. The van der Waals surface area contributed by atoms with Gasteiger partial charge in [-0.05, 0) is 65.8 Å². The summed E-state index contributed by atoms with van der Waals surface area (Å²) in [5, 5.41) is 38.0. The van der Waals surface area contributed by atoms with E-state index in [4.69, 9.17) is 5.73 Å². The van der Waals surface area contributed by atoms with E-state index >= 15 is 0 Å². The van der Waals surface area contributed by atoms with E-state index in [1.807, 2.05) is 38.1 Å². The molecule has 12 nitrogen and oxygen atoms in total. The normalized spacial score (nSPS) is 13.8. The van der Waals surface area contributed by atoms with Crippen LogP contribution < -0.4 is 21.7 Å². The first-order valence-electron chi connectivity index (χ1n) is 15.4. The first-order valence-corrected chi connectivity index (χ1v) is 15.4. The van der Waals surface area contributed by atoms with Crippen LogP contribution in [0, 0.1) is 5.92 Å². The first kappa shape index (κ1) is 34.5. The van der Waals surface area contributed by atoms with Gasteiger partial charge < -0.3 is 42.0 Å². The average Bonchev–Trinajstić information content (AvgIpc) is 3.44. The summed E-state index contributed by atoms with van der Waals surface area (Å²) in [6, 6.07) is 15.2. The number of nitrogens with one attached hydrogen (secondary N) is 4. The molecule has 47 heavy (non-hydrogen) atoms. The van der Waals surface area contributed by atoms with E-state index in [0.717, 1.165) is 22.0 Å². The van der Waals surface area contributed by atoms with Crippen LogP contribution in [-0.4, -0.2) is 68.2 Å². The lowest BCUT2D eigenvalue weighted by atomic mass is 9.99. The molecule has 1 heterocycles. The molecule has 3 amide bonds. The van der Waals surface area contributed by atoms with Gasteiger partial charge in [-0.15, -0.1) is 0 Å². The van der Waals surface area contributed by atoms with Crippen LogP contribution in [0.2, 0.25) is 0 Å². The van der Waals surface area contributed by atoms with Crippen LogP contribution in [0.1, 0.15) is 37.0 Å². The lowest BCUT2D eigenvalue weighted by molar-refractivity contribution is -0.142. The second kappa shape index (κ2) is 15.8. The fourth-order valence-corrected chi connectivity index (χ4v) is 5.30. The molecule has 0 spiro atoms. The second-order valence-electron chi connectivity index (χ2n) is 12.1. The molecule has 0 aliphatic rings. The predicted molar refractivity (Wildman–Crippen MR) is 176 cm³/mol. The highest BCUT2D eigenvalue weighted by molar-refractivity contribution is 5.95. The summed E-state index contributed by atoms with van der Waals surface area (Å²) in [5.74, 6) is -3.06. The number of aromatic nitrogens is 1. The SMILES string of the molecule is CC(C)CC(NC(=O)C(N)Cc1ccc(O)cc1)C(=O)NC(Cc1c[nH]c2ccccc12)C(=O)NC(Cc1ccc(O)cc1)C(=O)O. The standard InChI is InChI=1S/C35H41N5O7/c1-20(2)15-29(38-32(43)27(36)16-21-7-11-24(41)12-8-21)33(44)39-30(18-23-19-37-28-6-4-3-5-26(23)28)34(45)40-31(35(46)47)17-22-9-13-25(42)14-10-22/h3-14,19-20,27,29-31,37,41-42H,15-18,36H2,1-2H3,(H,38,43)(H,39,44)(H,40,45)(H,46,47). The number of carbonyl (C=O) groups is 4. The number of hydrogen-bond donors (Lipinski definition) is 8. The van der Waals surface area contributed by atoms with Crippen LogP contribution in [0.5, 0.6) is 11.5 Å². The van der Waals surface area contributed by atoms with Gasteiger partial charge in [0, 0.05) is 29.9 Å². The van der Waals surface area contributed by atoms with Crippen LogP contribution in [0.15, 0.2) is 79.0 Å². The molecule has 0 saturated carbocycles. The van der Waals surface area contributed by atoms with Crippen molar-refractivity contribution in [2.45, 2.75) is 63.7 Å². The third-order valence-corrected chi connectivity index (χ3v) is 7.79. The molecule has 9 N–H and O–H groups in total. The molecule has 0 fully saturated rings. The number of phenolic OH excluding ortho intramolecular Hbond substituents is 2. The van der Waals surface area contributed by atoms with Gasteiger partial charge in [0.2, 0.25) is 17.7 Å². The van der Waals surface area contributed by atoms with Crippen molar-refractivity contribution in [2.75, 3.05) is 0 Å². The summed E-state index contributed by atoms with van der Waals surface area (Å²) in [4.78, 5) is 55.9. The second-order valence-corrected chi connectivity index (χ2v) is 12.1. The van der Waals surface area contributed by atoms with E-state index in [9.17, 15) is 34.5 Å². The zero-order valence-corrected chi connectivity index (χ0v) is 26.3. The van der Waals surface area contributed by atoms with E-state index in [1.165, 1.54) is 24.3 Å². The van der Waals surface area contributed by atoms with Gasteiger partial charge in [0.05, 0.1) is 6.04 Å². The summed E-state index contributed by atoms with van der Waals surface area (Å²) >= 11 is 0. The Labute approximate surface area is 272 Å². The fourth-order valence-electron chi connectivity index (χ4n) is 5.30. The number of amides is 3. The van der Waals surface area contributed by atoms with Crippen molar-refractivity contribution in [3.63, 3.8) is 0 Å². The number of carboxylic acid groups (broad SMARTS) is 1. The summed E-state index contributed by atoms with van der Waals surface area (Å²) in [6.45, 7) is 3.78. The number of H-pyrrole nitrogens is 1. The molecule has 3 aromatic carbocycles. The van der Waals surface area contributed by atoms with Crippen LogP contribution >= 0.6 is 0 Å². The van der Waals surface area contributed by atoms with E-state index in [-0.39, 0.29) is 43.1 Å². The number of carbonyl (C=O) groups excluding carboxylic acids is 3. The predicted octanol–water partition coefficient (Wildman–Crippen LogP) is 2.52. The molecule has 0 bridgehead atoms. The summed E-state index contributed by atoms with van der Waals surface area (Å²) in [5.41, 5.74) is 9.04. The van der Waals surface area contributed by atoms with E-state index in [0.29, 0.717) is 5.56 Å². The highest BCUT2D eigenvalue weighted by Crippen LogP contribution is 2.20. The number of benzene rings is 3. The van der Waals surface area contributed by atoms with Crippen LogP contribution in [-0.2, 0) is 38.4 Å². The van der Waals surface area contributed by atoms with Crippen molar-refractivity contribution in [3.8, 4) is 11.5 Å². The number of para-hydroxylation sites is 1. The van der Waals surface area contributed by atoms with Gasteiger partial charge >= 0.3 is 5.97 Å². The quantitative estimate of drug-likeness (QED) is 0.0963. The summed E-state index contributed by atoms with van der Waals surface area (Å²) in [6.07, 6.45) is 2.14. The van der Waals surface area contributed by atoms with Crippen LogP contribution in [0.25, 0.3) is 10.9 Å². The van der Waals surface area contributed by atoms with Gasteiger partial charge in [-0.3, -0.25) is 14.4 Å². The van der Waals surface area contributed by atoms with Gasteiger partial charge in [0.25, 0.3) is 0 Å². The number of aliphatic carboxylic acids is 1. The Hall–Kier alpha value is -5.36. The molecule has 12 heteroatoms. The van der Waals surface area contributed by atoms with E-state index < -0.39 is 47.9 Å². The Bertz CT molecular complexity index is 1680. The zero-order valence-electron chi connectivity index (χ0n) is 26.3. The van der Waals surface area contributed by atoms with Crippen molar-refractivity contribution < 1.29 is 34.5 Å². The van der Waals surface area contributed by atoms with Crippen molar-refractivity contribution in [1.82, 2.24) is 20.9 Å². The van der Waals surface area contributed by atoms with Crippen molar-refractivity contribution in [3.05, 3.63) is 95.7 Å². The molecule has 0 aliphatic heterocycles. The number of nitrogens with two attached hydrogens (primary N) is 1.